The molecule has 0 N–H and O–H groups in total. The maximum absolute atomic E-state index is 14.0. The van der Waals surface area contributed by atoms with Gasteiger partial charge in [0.05, 0.1) is 23.7 Å². The third-order valence-electron chi connectivity index (χ3n) is 2.98. The smallest absolute Gasteiger partial charge is 0.316 e. The molecule has 0 spiro atoms. The Balaban J connectivity index is 2.49. The van der Waals surface area contributed by atoms with Crippen LogP contribution in [0.15, 0.2) is 16.8 Å². The summed E-state index contributed by atoms with van der Waals surface area (Å²) in [4.78, 5) is 8.26. The minimum atomic E-state index is -0.462. The van der Waals surface area contributed by atoms with Gasteiger partial charge in [-0.25, -0.2) is 9.37 Å². The second-order valence-corrected chi connectivity index (χ2v) is 4.58. The van der Waals surface area contributed by atoms with E-state index >= 15 is 0 Å². The zero-order valence-corrected chi connectivity index (χ0v) is 10.8. The van der Waals surface area contributed by atoms with Crippen molar-refractivity contribution in [2.75, 3.05) is 7.11 Å². The van der Waals surface area contributed by atoms with Crippen LogP contribution < -0.4 is 4.74 Å². The van der Waals surface area contributed by atoms with Crippen LogP contribution in [0.3, 0.4) is 0 Å². The van der Waals surface area contributed by atoms with Crippen LogP contribution in [0.2, 0.25) is 0 Å². The van der Waals surface area contributed by atoms with E-state index in [1.54, 1.807) is 0 Å². The van der Waals surface area contributed by atoms with Gasteiger partial charge in [-0.1, -0.05) is 19.0 Å². The number of nitrogens with zero attached hydrogens (tertiary/aromatic N) is 3. The van der Waals surface area contributed by atoms with Gasteiger partial charge in [-0.3, -0.25) is 0 Å². The fourth-order valence-corrected chi connectivity index (χ4v) is 2.07. The Labute approximate surface area is 108 Å². The summed E-state index contributed by atoms with van der Waals surface area (Å²) in [6.07, 6.45) is 1.53. The second-order valence-electron chi connectivity index (χ2n) is 4.58. The van der Waals surface area contributed by atoms with Gasteiger partial charge in [-0.2, -0.15) is 4.98 Å². The number of halogens is 1. The zero-order chi connectivity index (χ0) is 13.6. The molecule has 0 unspecified atom stereocenters. The van der Waals surface area contributed by atoms with Crippen molar-refractivity contribution in [2.24, 2.45) is 0 Å². The molecule has 0 saturated heterocycles. The third-order valence-corrected chi connectivity index (χ3v) is 2.98. The summed E-state index contributed by atoms with van der Waals surface area (Å²) in [7, 11) is 1.48. The van der Waals surface area contributed by atoms with Crippen molar-refractivity contribution in [1.29, 1.82) is 0 Å². The summed E-state index contributed by atoms with van der Waals surface area (Å²) >= 11 is 0. The lowest BCUT2D eigenvalue weighted by molar-refractivity contribution is 0.382. The van der Waals surface area contributed by atoms with Gasteiger partial charge in [-0.15, -0.1) is 0 Å². The molecular weight excluding hydrogens is 249 g/mol. The van der Waals surface area contributed by atoms with E-state index in [0.29, 0.717) is 22.0 Å². The summed E-state index contributed by atoms with van der Waals surface area (Å²) in [5.41, 5.74) is 1.39. The Kier molecular flexibility index (Phi) is 2.58. The molecule has 6 heteroatoms. The lowest BCUT2D eigenvalue weighted by atomic mass is 10.0. The number of aromatic nitrogens is 3. The minimum absolute atomic E-state index is 0.104. The zero-order valence-electron chi connectivity index (χ0n) is 10.8. The first-order chi connectivity index (χ1) is 9.11. The molecule has 0 saturated carbocycles. The molecule has 0 aliphatic carbocycles. The molecule has 1 aromatic carbocycles. The van der Waals surface area contributed by atoms with Crippen LogP contribution >= 0.6 is 0 Å². The van der Waals surface area contributed by atoms with Crippen LogP contribution in [0.25, 0.3) is 21.9 Å². The quantitative estimate of drug-likeness (QED) is 0.709. The number of rotatable bonds is 2. The Hall–Kier alpha value is -2.24. The van der Waals surface area contributed by atoms with Crippen LogP contribution in [0.4, 0.5) is 4.39 Å². The Morgan fingerprint density at radius 1 is 1.37 bits per heavy atom. The number of ether oxygens (including phenoxy) is 1. The maximum atomic E-state index is 14.0. The number of fused-ring (bicyclic) bond motifs is 3. The Morgan fingerprint density at radius 2 is 2.16 bits per heavy atom. The molecule has 2 heterocycles. The van der Waals surface area contributed by atoms with E-state index in [9.17, 15) is 4.39 Å². The predicted octanol–water partition coefficient (Wildman–Crippen LogP) is 3.04. The van der Waals surface area contributed by atoms with Crippen molar-refractivity contribution >= 4 is 21.9 Å². The molecule has 0 radical (unpaired) electrons. The number of benzene rings is 1. The molecule has 2 aromatic heterocycles. The standard InChI is InChI=1S/C13H12FN3O2/c1-6(2)10-9-11-7(5-15-13(16-11)18-3)4-8(14)12(9)19-17-10/h4-6H,1-3H3. The van der Waals surface area contributed by atoms with Crippen LogP contribution in [-0.4, -0.2) is 22.2 Å². The first kappa shape index (κ1) is 11.8. The first-order valence-corrected chi connectivity index (χ1v) is 5.90. The maximum Gasteiger partial charge on any atom is 0.316 e. The van der Waals surface area contributed by atoms with Gasteiger partial charge < -0.3 is 9.26 Å². The van der Waals surface area contributed by atoms with Crippen molar-refractivity contribution in [1.82, 2.24) is 15.1 Å². The highest BCUT2D eigenvalue weighted by atomic mass is 19.1. The number of hydrogen-bond donors (Lipinski definition) is 0. The fraction of sp³-hybridized carbons (Fsp3) is 0.308. The van der Waals surface area contributed by atoms with E-state index in [2.05, 4.69) is 15.1 Å². The first-order valence-electron chi connectivity index (χ1n) is 5.90. The van der Waals surface area contributed by atoms with Gasteiger partial charge in [0.1, 0.15) is 0 Å². The monoisotopic (exact) mass is 261 g/mol. The summed E-state index contributed by atoms with van der Waals surface area (Å²) in [5.74, 6) is -0.358. The molecule has 3 rings (SSSR count). The molecule has 0 amide bonds. The number of hydrogen-bond acceptors (Lipinski definition) is 5. The highest BCUT2D eigenvalue weighted by Gasteiger charge is 2.20. The van der Waals surface area contributed by atoms with E-state index in [-0.39, 0.29) is 17.5 Å². The van der Waals surface area contributed by atoms with E-state index in [4.69, 9.17) is 9.26 Å². The molecule has 3 aromatic rings. The highest BCUT2D eigenvalue weighted by molar-refractivity contribution is 6.04. The van der Waals surface area contributed by atoms with Gasteiger partial charge in [0.25, 0.3) is 0 Å². The fourth-order valence-electron chi connectivity index (χ4n) is 2.07. The van der Waals surface area contributed by atoms with Gasteiger partial charge in [0.15, 0.2) is 5.82 Å². The lowest BCUT2D eigenvalue weighted by Crippen LogP contribution is -1.95. The minimum Gasteiger partial charge on any atom is -0.467 e. The summed E-state index contributed by atoms with van der Waals surface area (Å²) in [6, 6.07) is 1.57. The Morgan fingerprint density at radius 3 is 2.84 bits per heavy atom. The molecule has 0 aliphatic heterocycles. The molecule has 0 bridgehead atoms. The van der Waals surface area contributed by atoms with Gasteiger partial charge >= 0.3 is 6.01 Å². The largest absolute Gasteiger partial charge is 0.467 e. The van der Waals surface area contributed by atoms with E-state index in [0.717, 1.165) is 0 Å². The summed E-state index contributed by atoms with van der Waals surface area (Å²) in [6.45, 7) is 3.93. The normalized spacial score (nSPS) is 11.6. The average Bonchev–Trinajstić information content (AvgIpc) is 2.84. The second kappa shape index (κ2) is 4.15. The SMILES string of the molecule is COc1ncc2cc(F)c3onc(C(C)C)c3c2n1. The predicted molar refractivity (Wildman–Crippen MR) is 67.7 cm³/mol. The van der Waals surface area contributed by atoms with E-state index in [1.165, 1.54) is 19.4 Å². The Bertz CT molecular complexity index is 767. The molecule has 0 aliphatic rings. The van der Waals surface area contributed by atoms with Gasteiger partial charge in [0, 0.05) is 11.6 Å². The average molecular weight is 261 g/mol. The van der Waals surface area contributed by atoms with Gasteiger partial charge in [0.2, 0.25) is 5.58 Å². The van der Waals surface area contributed by atoms with Crippen molar-refractivity contribution in [2.45, 2.75) is 19.8 Å². The molecule has 19 heavy (non-hydrogen) atoms. The molecule has 0 atom stereocenters. The lowest BCUT2D eigenvalue weighted by Gasteiger charge is -2.04. The highest BCUT2D eigenvalue weighted by Crippen LogP contribution is 2.32. The van der Waals surface area contributed by atoms with Crippen molar-refractivity contribution < 1.29 is 13.7 Å². The van der Waals surface area contributed by atoms with Crippen LogP contribution in [-0.2, 0) is 0 Å². The molecule has 0 fully saturated rings. The van der Waals surface area contributed by atoms with Gasteiger partial charge in [-0.05, 0) is 12.0 Å². The van der Waals surface area contributed by atoms with Crippen LogP contribution in [0, 0.1) is 5.82 Å². The van der Waals surface area contributed by atoms with Crippen LogP contribution in [0.1, 0.15) is 25.5 Å². The molecule has 98 valence electrons. The van der Waals surface area contributed by atoms with Crippen molar-refractivity contribution in [3.05, 3.63) is 23.8 Å². The molecular formula is C13H12FN3O2. The summed E-state index contributed by atoms with van der Waals surface area (Å²) < 4.78 is 24.1. The van der Waals surface area contributed by atoms with Crippen molar-refractivity contribution in [3.8, 4) is 6.01 Å². The van der Waals surface area contributed by atoms with Crippen LogP contribution in [0.5, 0.6) is 6.01 Å². The van der Waals surface area contributed by atoms with E-state index < -0.39 is 5.82 Å². The molecule has 5 nitrogen and oxygen atoms in total. The van der Waals surface area contributed by atoms with Crippen molar-refractivity contribution in [3.63, 3.8) is 0 Å². The number of methoxy groups -OCH3 is 1. The third kappa shape index (κ3) is 1.71. The summed E-state index contributed by atoms with van der Waals surface area (Å²) in [5, 5.41) is 5.13. The van der Waals surface area contributed by atoms with E-state index in [1.807, 2.05) is 13.8 Å². The topological polar surface area (TPSA) is 61.0 Å².